The Bertz CT molecular complexity index is 907. The monoisotopic (exact) mass is 373 g/mol. The molecular weight excluding hydrogens is 361 g/mol. The Morgan fingerprint density at radius 3 is 2.57 bits per heavy atom. The molecule has 0 fully saturated rings. The summed E-state index contributed by atoms with van der Waals surface area (Å²) in [5.41, 5.74) is 3.52. The van der Waals surface area contributed by atoms with E-state index >= 15 is 0 Å². The molecule has 116 valence electrons. The Balaban J connectivity index is 2.05. The van der Waals surface area contributed by atoms with Gasteiger partial charge in [0.05, 0.1) is 11.1 Å². The predicted molar refractivity (Wildman–Crippen MR) is 90.3 cm³/mol. The molecule has 0 saturated heterocycles. The van der Waals surface area contributed by atoms with Gasteiger partial charge in [-0.25, -0.2) is 9.18 Å². The van der Waals surface area contributed by atoms with Crippen molar-refractivity contribution in [1.29, 1.82) is 0 Å². The van der Waals surface area contributed by atoms with Crippen LogP contribution < -0.4 is 0 Å². The second-order valence-corrected chi connectivity index (χ2v) is 6.23. The molecule has 0 spiro atoms. The number of aromatic nitrogens is 1. The standard InChI is InChI=1S/C18H13BrFNO2/c1-10-14(18(22)23)8-16(19)15-7-12(9-21-17(10)15)6-11-2-4-13(20)5-3-11/h2-5,7-9H,6H2,1H3,(H,22,23). The van der Waals surface area contributed by atoms with Crippen LogP contribution in [0.25, 0.3) is 10.9 Å². The maximum absolute atomic E-state index is 13.0. The summed E-state index contributed by atoms with van der Waals surface area (Å²) in [6, 6.07) is 9.94. The topological polar surface area (TPSA) is 50.2 Å². The fraction of sp³-hybridized carbons (Fsp3) is 0.111. The molecule has 1 N–H and O–H groups in total. The van der Waals surface area contributed by atoms with E-state index in [1.807, 2.05) is 6.07 Å². The number of halogens is 2. The van der Waals surface area contributed by atoms with Gasteiger partial charge in [-0.2, -0.15) is 0 Å². The van der Waals surface area contributed by atoms with E-state index in [1.165, 1.54) is 12.1 Å². The van der Waals surface area contributed by atoms with Crippen LogP contribution in [0.5, 0.6) is 0 Å². The predicted octanol–water partition coefficient (Wildman–Crippen LogP) is 4.73. The molecule has 0 aliphatic heterocycles. The second kappa shape index (κ2) is 6.08. The third-order valence-corrected chi connectivity index (χ3v) is 4.44. The van der Waals surface area contributed by atoms with Crippen LogP contribution >= 0.6 is 15.9 Å². The first-order chi connectivity index (χ1) is 11.0. The fourth-order valence-corrected chi connectivity index (χ4v) is 3.12. The van der Waals surface area contributed by atoms with Crippen molar-refractivity contribution in [2.24, 2.45) is 0 Å². The molecule has 5 heteroatoms. The molecule has 3 rings (SSSR count). The minimum absolute atomic E-state index is 0.239. The van der Waals surface area contributed by atoms with Crippen LogP contribution in [0.3, 0.4) is 0 Å². The zero-order valence-corrected chi connectivity index (χ0v) is 13.9. The number of hydrogen-bond donors (Lipinski definition) is 1. The van der Waals surface area contributed by atoms with Gasteiger partial charge in [-0.3, -0.25) is 4.98 Å². The molecule has 0 amide bonds. The lowest BCUT2D eigenvalue weighted by molar-refractivity contribution is 0.0696. The van der Waals surface area contributed by atoms with E-state index < -0.39 is 5.97 Å². The highest BCUT2D eigenvalue weighted by atomic mass is 79.9. The van der Waals surface area contributed by atoms with Crippen molar-refractivity contribution >= 4 is 32.8 Å². The van der Waals surface area contributed by atoms with Crippen molar-refractivity contribution in [2.75, 3.05) is 0 Å². The number of carboxylic acids is 1. The molecule has 0 saturated carbocycles. The van der Waals surface area contributed by atoms with Gasteiger partial charge in [0.2, 0.25) is 0 Å². The Labute approximate surface area is 140 Å². The molecule has 0 unspecified atom stereocenters. The van der Waals surface area contributed by atoms with E-state index in [4.69, 9.17) is 0 Å². The number of hydrogen-bond acceptors (Lipinski definition) is 2. The van der Waals surface area contributed by atoms with Crippen molar-refractivity contribution in [3.63, 3.8) is 0 Å². The van der Waals surface area contributed by atoms with Crippen LogP contribution in [-0.2, 0) is 6.42 Å². The van der Waals surface area contributed by atoms with Gasteiger partial charge in [0, 0.05) is 16.1 Å². The lowest BCUT2D eigenvalue weighted by Crippen LogP contribution is -2.02. The van der Waals surface area contributed by atoms with E-state index in [-0.39, 0.29) is 11.4 Å². The summed E-state index contributed by atoms with van der Waals surface area (Å²) in [6.45, 7) is 1.75. The van der Waals surface area contributed by atoms with Gasteiger partial charge in [-0.15, -0.1) is 0 Å². The van der Waals surface area contributed by atoms with Crippen molar-refractivity contribution in [1.82, 2.24) is 4.98 Å². The summed E-state index contributed by atoms with van der Waals surface area (Å²) in [6.07, 6.45) is 2.37. The van der Waals surface area contributed by atoms with Gasteiger partial charge in [-0.1, -0.05) is 28.1 Å². The van der Waals surface area contributed by atoms with Gasteiger partial charge >= 0.3 is 5.97 Å². The Morgan fingerprint density at radius 1 is 1.22 bits per heavy atom. The number of carbonyl (C=O) groups is 1. The molecule has 0 aliphatic carbocycles. The lowest BCUT2D eigenvalue weighted by atomic mass is 10.0. The highest BCUT2D eigenvalue weighted by Gasteiger charge is 2.14. The normalized spacial score (nSPS) is 10.9. The zero-order valence-electron chi connectivity index (χ0n) is 12.3. The average Bonchev–Trinajstić information content (AvgIpc) is 2.53. The molecular formula is C18H13BrFNO2. The summed E-state index contributed by atoms with van der Waals surface area (Å²) in [7, 11) is 0. The van der Waals surface area contributed by atoms with Crippen LogP contribution in [0.1, 0.15) is 27.0 Å². The highest BCUT2D eigenvalue weighted by molar-refractivity contribution is 9.10. The van der Waals surface area contributed by atoms with Crippen molar-refractivity contribution in [3.8, 4) is 0 Å². The van der Waals surface area contributed by atoms with Crippen molar-refractivity contribution in [3.05, 3.63) is 75.1 Å². The number of fused-ring (bicyclic) bond motifs is 1. The first-order valence-corrected chi connectivity index (χ1v) is 7.80. The molecule has 3 nitrogen and oxygen atoms in total. The fourth-order valence-electron chi connectivity index (χ4n) is 2.59. The quantitative estimate of drug-likeness (QED) is 0.721. The first-order valence-electron chi connectivity index (χ1n) is 7.01. The second-order valence-electron chi connectivity index (χ2n) is 5.38. The first kappa shape index (κ1) is 15.6. The van der Waals surface area contributed by atoms with Gasteiger partial charge in [-0.05, 0) is 54.3 Å². The maximum Gasteiger partial charge on any atom is 0.336 e. The smallest absolute Gasteiger partial charge is 0.336 e. The van der Waals surface area contributed by atoms with Crippen LogP contribution in [0.2, 0.25) is 0 Å². The van der Waals surface area contributed by atoms with Crippen LogP contribution in [0.15, 0.2) is 47.1 Å². The Hall–Kier alpha value is -2.27. The zero-order chi connectivity index (χ0) is 16.6. The molecule has 0 radical (unpaired) electrons. The molecule has 0 aliphatic rings. The molecule has 0 bridgehead atoms. The Morgan fingerprint density at radius 2 is 1.91 bits per heavy atom. The summed E-state index contributed by atoms with van der Waals surface area (Å²) in [5.74, 6) is -1.23. The number of aromatic carboxylic acids is 1. The van der Waals surface area contributed by atoms with E-state index in [9.17, 15) is 14.3 Å². The summed E-state index contributed by atoms with van der Waals surface area (Å²) in [4.78, 5) is 15.7. The minimum Gasteiger partial charge on any atom is -0.478 e. The van der Waals surface area contributed by atoms with E-state index in [1.54, 1.807) is 31.3 Å². The van der Waals surface area contributed by atoms with Gasteiger partial charge in [0.25, 0.3) is 0 Å². The molecule has 2 aromatic carbocycles. The van der Waals surface area contributed by atoms with Crippen molar-refractivity contribution in [2.45, 2.75) is 13.3 Å². The SMILES string of the molecule is Cc1c(C(=O)O)cc(Br)c2cc(Cc3ccc(F)cc3)cnc12. The number of carboxylic acid groups (broad SMARTS) is 1. The Kier molecular flexibility index (Phi) is 4.13. The van der Waals surface area contributed by atoms with E-state index in [0.717, 1.165) is 16.5 Å². The van der Waals surface area contributed by atoms with E-state index in [0.29, 0.717) is 22.0 Å². The minimum atomic E-state index is -0.970. The lowest BCUT2D eigenvalue weighted by Gasteiger charge is -2.10. The van der Waals surface area contributed by atoms with Crippen molar-refractivity contribution < 1.29 is 14.3 Å². The maximum atomic E-state index is 13.0. The van der Waals surface area contributed by atoms with Gasteiger partial charge < -0.3 is 5.11 Å². The molecule has 0 atom stereocenters. The molecule has 1 heterocycles. The molecule has 1 aromatic heterocycles. The summed E-state index contributed by atoms with van der Waals surface area (Å²) in [5, 5.41) is 10.1. The third kappa shape index (κ3) is 3.10. The summed E-state index contributed by atoms with van der Waals surface area (Å²) < 4.78 is 13.7. The van der Waals surface area contributed by atoms with Gasteiger partial charge in [0.1, 0.15) is 5.82 Å². The van der Waals surface area contributed by atoms with Crippen LogP contribution in [0, 0.1) is 12.7 Å². The number of aryl methyl sites for hydroxylation is 1. The van der Waals surface area contributed by atoms with Crippen LogP contribution in [0.4, 0.5) is 4.39 Å². The van der Waals surface area contributed by atoms with Crippen LogP contribution in [-0.4, -0.2) is 16.1 Å². The largest absolute Gasteiger partial charge is 0.478 e. The number of benzene rings is 2. The van der Waals surface area contributed by atoms with E-state index in [2.05, 4.69) is 20.9 Å². The number of rotatable bonds is 3. The average molecular weight is 374 g/mol. The highest BCUT2D eigenvalue weighted by Crippen LogP contribution is 2.29. The molecule has 3 aromatic rings. The molecule has 23 heavy (non-hydrogen) atoms. The van der Waals surface area contributed by atoms with Gasteiger partial charge in [0.15, 0.2) is 0 Å². The number of pyridine rings is 1. The summed E-state index contributed by atoms with van der Waals surface area (Å²) >= 11 is 3.43. The number of nitrogens with zero attached hydrogens (tertiary/aromatic N) is 1. The third-order valence-electron chi connectivity index (χ3n) is 3.78.